The van der Waals surface area contributed by atoms with Crippen molar-refractivity contribution >= 4 is 22.6 Å². The van der Waals surface area contributed by atoms with E-state index in [1.807, 2.05) is 11.0 Å². The summed E-state index contributed by atoms with van der Waals surface area (Å²) in [4.78, 5) is 23.2. The fraction of sp³-hybridized carbons (Fsp3) is 0.417. The van der Waals surface area contributed by atoms with Gasteiger partial charge in [-0.15, -0.1) is 0 Å². The van der Waals surface area contributed by atoms with E-state index in [4.69, 9.17) is 9.72 Å². The van der Waals surface area contributed by atoms with Gasteiger partial charge >= 0.3 is 0 Å². The lowest BCUT2D eigenvalue weighted by atomic mass is 9.78. The molecule has 5 rings (SSSR count). The predicted molar refractivity (Wildman–Crippen MR) is 118 cm³/mol. The van der Waals surface area contributed by atoms with Crippen LogP contribution in [0, 0.1) is 33.1 Å². The van der Waals surface area contributed by atoms with Gasteiger partial charge in [0.25, 0.3) is 5.91 Å². The minimum Gasteiger partial charge on any atom is -0.380 e. The van der Waals surface area contributed by atoms with Crippen LogP contribution in [0.4, 0.5) is 5.82 Å². The number of ether oxygens (including phenoxy) is 1. The molecule has 0 aliphatic carbocycles. The number of nitrogens with zero attached hydrogens (tertiary/aromatic N) is 2. The number of pyridine rings is 1. The SMILES string of the molecule is Cc1cccc(C)c1CNc1nc(C(=O)N2CC3(COC3)C2)cc2c(C)c(C)[nH]c12. The zero-order valence-corrected chi connectivity index (χ0v) is 18.1. The summed E-state index contributed by atoms with van der Waals surface area (Å²) in [5.41, 5.74) is 7.67. The molecule has 2 fully saturated rings. The van der Waals surface area contributed by atoms with Gasteiger partial charge in [0.05, 0.1) is 24.1 Å². The maximum Gasteiger partial charge on any atom is 0.272 e. The number of nitrogens with one attached hydrogen (secondary N) is 2. The summed E-state index contributed by atoms with van der Waals surface area (Å²) in [7, 11) is 0. The molecule has 2 saturated heterocycles. The lowest BCUT2D eigenvalue weighted by Gasteiger charge is -2.54. The van der Waals surface area contributed by atoms with E-state index in [1.54, 1.807) is 0 Å². The van der Waals surface area contributed by atoms with E-state index in [0.717, 1.165) is 54.3 Å². The zero-order chi connectivity index (χ0) is 21.0. The second kappa shape index (κ2) is 6.84. The van der Waals surface area contributed by atoms with Crippen LogP contribution in [-0.4, -0.2) is 47.1 Å². The van der Waals surface area contributed by atoms with E-state index < -0.39 is 0 Å². The monoisotopic (exact) mass is 404 g/mol. The zero-order valence-electron chi connectivity index (χ0n) is 18.1. The van der Waals surface area contributed by atoms with Crippen LogP contribution in [0.2, 0.25) is 0 Å². The summed E-state index contributed by atoms with van der Waals surface area (Å²) in [6.45, 7) is 12.1. The van der Waals surface area contributed by atoms with Crippen molar-refractivity contribution in [1.82, 2.24) is 14.9 Å². The number of aromatic amines is 1. The smallest absolute Gasteiger partial charge is 0.272 e. The Balaban J connectivity index is 1.47. The van der Waals surface area contributed by atoms with E-state index in [0.29, 0.717) is 12.2 Å². The highest BCUT2D eigenvalue weighted by molar-refractivity contribution is 6.01. The molecule has 1 spiro atoms. The lowest BCUT2D eigenvalue weighted by Crippen LogP contribution is -2.67. The molecular formula is C24H28N4O2. The first-order chi connectivity index (χ1) is 14.4. The number of anilines is 1. The largest absolute Gasteiger partial charge is 0.380 e. The number of fused-ring (bicyclic) bond motifs is 1. The second-order valence-corrected chi connectivity index (χ2v) is 9.03. The van der Waals surface area contributed by atoms with Crippen LogP contribution in [0.3, 0.4) is 0 Å². The van der Waals surface area contributed by atoms with Gasteiger partial charge in [-0.25, -0.2) is 4.98 Å². The highest BCUT2D eigenvalue weighted by atomic mass is 16.5. The number of hydrogen-bond donors (Lipinski definition) is 2. The van der Waals surface area contributed by atoms with Crippen molar-refractivity contribution in [3.05, 3.63) is 57.9 Å². The average Bonchev–Trinajstić information content (AvgIpc) is 2.93. The molecule has 1 amide bonds. The van der Waals surface area contributed by atoms with Crippen LogP contribution in [0.1, 0.15) is 38.4 Å². The molecule has 2 aliphatic heterocycles. The van der Waals surface area contributed by atoms with E-state index in [-0.39, 0.29) is 11.3 Å². The molecule has 2 aromatic heterocycles. The quantitative estimate of drug-likeness (QED) is 0.692. The van der Waals surface area contributed by atoms with Gasteiger partial charge in [-0.05, 0) is 56.0 Å². The first kappa shape index (κ1) is 19.1. The minimum absolute atomic E-state index is 0.00259. The fourth-order valence-corrected chi connectivity index (χ4v) is 4.63. The Bertz CT molecular complexity index is 1130. The van der Waals surface area contributed by atoms with Crippen molar-refractivity contribution in [1.29, 1.82) is 0 Å². The molecule has 6 heteroatoms. The summed E-state index contributed by atoms with van der Waals surface area (Å²) in [5, 5.41) is 4.55. The number of aromatic nitrogens is 2. The van der Waals surface area contributed by atoms with Gasteiger partial charge in [-0.1, -0.05) is 18.2 Å². The summed E-state index contributed by atoms with van der Waals surface area (Å²) in [6, 6.07) is 8.26. The predicted octanol–water partition coefficient (Wildman–Crippen LogP) is 3.88. The van der Waals surface area contributed by atoms with Gasteiger partial charge in [-0.3, -0.25) is 4.79 Å². The normalized spacial score (nSPS) is 17.1. The van der Waals surface area contributed by atoms with Crippen molar-refractivity contribution in [2.24, 2.45) is 5.41 Å². The van der Waals surface area contributed by atoms with Crippen LogP contribution in [0.15, 0.2) is 24.3 Å². The number of rotatable bonds is 4. The molecule has 6 nitrogen and oxygen atoms in total. The van der Waals surface area contributed by atoms with Crippen molar-refractivity contribution in [3.8, 4) is 0 Å². The standard InChI is InChI=1S/C24H28N4O2/c1-14-6-5-7-15(2)19(14)9-25-22-21-18(16(3)17(4)26-21)8-20(27-22)23(29)28-10-24(11-28)12-30-13-24/h5-8,26H,9-13H2,1-4H3,(H,25,27). The van der Waals surface area contributed by atoms with E-state index in [1.165, 1.54) is 16.7 Å². The first-order valence-electron chi connectivity index (χ1n) is 10.5. The van der Waals surface area contributed by atoms with Gasteiger partial charge in [0.15, 0.2) is 5.82 Å². The lowest BCUT2D eigenvalue weighted by molar-refractivity contribution is -0.176. The van der Waals surface area contributed by atoms with E-state index >= 15 is 0 Å². The number of benzene rings is 1. The number of H-pyrrole nitrogens is 1. The Morgan fingerprint density at radius 2 is 1.90 bits per heavy atom. The third kappa shape index (κ3) is 2.98. The third-order valence-corrected chi connectivity index (χ3v) is 6.75. The van der Waals surface area contributed by atoms with Crippen molar-refractivity contribution in [3.63, 3.8) is 0 Å². The molecular weight excluding hydrogens is 376 g/mol. The number of likely N-dealkylation sites (tertiary alicyclic amines) is 1. The Kier molecular flexibility index (Phi) is 4.36. The molecule has 0 saturated carbocycles. The summed E-state index contributed by atoms with van der Waals surface area (Å²) >= 11 is 0. The van der Waals surface area contributed by atoms with E-state index in [2.05, 4.69) is 56.2 Å². The second-order valence-electron chi connectivity index (χ2n) is 9.03. The van der Waals surface area contributed by atoms with Crippen LogP contribution in [0.5, 0.6) is 0 Å². The Hall–Kier alpha value is -2.86. The highest BCUT2D eigenvalue weighted by Gasteiger charge is 2.51. The Morgan fingerprint density at radius 1 is 1.20 bits per heavy atom. The molecule has 2 N–H and O–H groups in total. The molecule has 4 heterocycles. The molecule has 0 radical (unpaired) electrons. The van der Waals surface area contributed by atoms with Crippen LogP contribution in [-0.2, 0) is 11.3 Å². The summed E-state index contributed by atoms with van der Waals surface area (Å²) < 4.78 is 5.33. The number of carbonyl (C=O) groups is 1. The van der Waals surface area contributed by atoms with Gasteiger partial charge in [0.2, 0.25) is 0 Å². The molecule has 2 aliphatic rings. The third-order valence-electron chi connectivity index (χ3n) is 6.75. The minimum atomic E-state index is 0.00259. The van der Waals surface area contributed by atoms with Crippen LogP contribution < -0.4 is 5.32 Å². The maximum absolute atomic E-state index is 13.1. The Labute approximate surface area is 176 Å². The van der Waals surface area contributed by atoms with Crippen LogP contribution >= 0.6 is 0 Å². The molecule has 156 valence electrons. The first-order valence-corrected chi connectivity index (χ1v) is 10.5. The molecule has 0 unspecified atom stereocenters. The highest BCUT2D eigenvalue weighted by Crippen LogP contribution is 2.38. The fourth-order valence-electron chi connectivity index (χ4n) is 4.63. The van der Waals surface area contributed by atoms with Gasteiger partial charge < -0.3 is 19.9 Å². The topological polar surface area (TPSA) is 70.2 Å². The molecule has 0 atom stereocenters. The maximum atomic E-state index is 13.1. The number of hydrogen-bond acceptors (Lipinski definition) is 4. The molecule has 1 aromatic carbocycles. The number of carbonyl (C=O) groups excluding carboxylic acids is 1. The summed E-state index contributed by atoms with van der Waals surface area (Å²) in [6.07, 6.45) is 0. The Morgan fingerprint density at radius 3 is 2.53 bits per heavy atom. The van der Waals surface area contributed by atoms with Gasteiger partial charge in [0, 0.05) is 30.7 Å². The van der Waals surface area contributed by atoms with Crippen molar-refractivity contribution in [2.75, 3.05) is 31.6 Å². The van der Waals surface area contributed by atoms with Crippen LogP contribution in [0.25, 0.3) is 10.9 Å². The molecule has 0 bridgehead atoms. The van der Waals surface area contributed by atoms with Gasteiger partial charge in [0.1, 0.15) is 5.69 Å². The average molecular weight is 405 g/mol. The summed E-state index contributed by atoms with van der Waals surface area (Å²) in [5.74, 6) is 0.736. The molecule has 30 heavy (non-hydrogen) atoms. The van der Waals surface area contributed by atoms with E-state index in [9.17, 15) is 4.79 Å². The van der Waals surface area contributed by atoms with Gasteiger partial charge in [-0.2, -0.15) is 0 Å². The number of amides is 1. The number of aryl methyl sites for hydroxylation is 4. The molecule has 3 aromatic rings. The van der Waals surface area contributed by atoms with Crippen molar-refractivity contribution < 1.29 is 9.53 Å². The van der Waals surface area contributed by atoms with Crippen molar-refractivity contribution in [2.45, 2.75) is 34.2 Å².